The number of likely N-dealkylation sites (tertiary alicyclic amines) is 1. The van der Waals surface area contributed by atoms with Crippen LogP contribution in [0, 0.1) is 5.92 Å². The average molecular weight is 472 g/mol. The molecule has 4 rings (SSSR count). The molecule has 0 saturated carbocycles. The Hall–Kier alpha value is -2.91. The van der Waals surface area contributed by atoms with Gasteiger partial charge in [0.25, 0.3) is 15.9 Å². The number of hydrogen-bond acceptors (Lipinski definition) is 6. The third-order valence-electron chi connectivity index (χ3n) is 5.53. The van der Waals surface area contributed by atoms with Gasteiger partial charge in [-0.15, -0.1) is 11.3 Å². The van der Waals surface area contributed by atoms with Gasteiger partial charge >= 0.3 is 0 Å². The van der Waals surface area contributed by atoms with E-state index in [2.05, 4.69) is 15.8 Å². The summed E-state index contributed by atoms with van der Waals surface area (Å²) in [6, 6.07) is 14.1. The molecule has 1 amide bonds. The van der Waals surface area contributed by atoms with Crippen molar-refractivity contribution in [1.29, 1.82) is 0 Å². The molecule has 7 nitrogen and oxygen atoms in total. The van der Waals surface area contributed by atoms with Gasteiger partial charge in [0, 0.05) is 30.2 Å². The number of benzene rings is 2. The lowest BCUT2D eigenvalue weighted by Crippen LogP contribution is -2.40. The average Bonchev–Trinajstić information content (AvgIpc) is 3.31. The van der Waals surface area contributed by atoms with Gasteiger partial charge in [-0.3, -0.25) is 9.52 Å². The molecule has 1 unspecified atom stereocenters. The fourth-order valence-electron chi connectivity index (χ4n) is 3.96. The van der Waals surface area contributed by atoms with Gasteiger partial charge in [0.2, 0.25) is 0 Å². The number of sulfonamides is 1. The van der Waals surface area contributed by atoms with E-state index in [-0.39, 0.29) is 10.8 Å². The van der Waals surface area contributed by atoms with E-state index in [0.29, 0.717) is 29.7 Å². The number of ether oxygens (including phenoxy) is 1. The lowest BCUT2D eigenvalue weighted by Gasteiger charge is -2.33. The molecule has 3 aromatic rings. The quantitative estimate of drug-likeness (QED) is 0.562. The minimum atomic E-state index is -3.74. The van der Waals surface area contributed by atoms with Crippen LogP contribution < -0.4 is 9.46 Å². The first-order valence-electron chi connectivity index (χ1n) is 10.4. The van der Waals surface area contributed by atoms with Gasteiger partial charge in [-0.1, -0.05) is 12.1 Å². The van der Waals surface area contributed by atoms with Crippen molar-refractivity contribution in [2.24, 2.45) is 5.92 Å². The molecule has 2 heterocycles. The molecule has 0 aliphatic carbocycles. The Morgan fingerprint density at radius 2 is 2.06 bits per heavy atom. The Morgan fingerprint density at radius 3 is 2.78 bits per heavy atom. The van der Waals surface area contributed by atoms with Crippen LogP contribution in [-0.2, 0) is 16.4 Å². The summed E-state index contributed by atoms with van der Waals surface area (Å²) in [4.78, 5) is 19.0. The van der Waals surface area contributed by atoms with E-state index in [4.69, 9.17) is 4.74 Å². The third-order valence-corrected chi connectivity index (χ3v) is 7.70. The first kappa shape index (κ1) is 22.3. The molecular formula is C23H25N3O4S2. The van der Waals surface area contributed by atoms with E-state index in [1.807, 2.05) is 23.1 Å². The summed E-state index contributed by atoms with van der Waals surface area (Å²) in [6.07, 6.45) is 4.44. The summed E-state index contributed by atoms with van der Waals surface area (Å²) in [5.74, 6) is 1.14. The van der Waals surface area contributed by atoms with Crippen LogP contribution in [0.1, 0.15) is 28.8 Å². The maximum absolute atomic E-state index is 13.0. The topological polar surface area (TPSA) is 88.6 Å². The first-order valence-corrected chi connectivity index (χ1v) is 12.8. The zero-order valence-corrected chi connectivity index (χ0v) is 19.4. The van der Waals surface area contributed by atoms with Crippen molar-refractivity contribution in [3.63, 3.8) is 0 Å². The van der Waals surface area contributed by atoms with Crippen molar-refractivity contribution in [1.82, 2.24) is 9.88 Å². The standard InChI is InChI=1S/C23H25N3O4S2/c1-30-20-6-2-4-17(15-20)14-18-5-3-12-26(16-18)22(27)19-7-9-21(10-8-19)32(28,29)25-23-24-11-13-31-23/h2,4,6-11,13,15,18H,3,5,12,14,16H2,1H3,(H,24,25). The normalized spacial score (nSPS) is 16.5. The Kier molecular flexibility index (Phi) is 6.76. The predicted molar refractivity (Wildman–Crippen MR) is 125 cm³/mol. The van der Waals surface area contributed by atoms with E-state index in [9.17, 15) is 13.2 Å². The summed E-state index contributed by atoms with van der Waals surface area (Å²) in [6.45, 7) is 1.39. The van der Waals surface area contributed by atoms with E-state index < -0.39 is 10.0 Å². The Morgan fingerprint density at radius 1 is 1.25 bits per heavy atom. The Bertz CT molecular complexity index is 1160. The van der Waals surface area contributed by atoms with E-state index >= 15 is 0 Å². The smallest absolute Gasteiger partial charge is 0.263 e. The number of carbonyl (C=O) groups excluding carboxylic acids is 1. The molecule has 1 aromatic heterocycles. The SMILES string of the molecule is COc1cccc(CC2CCCN(C(=O)c3ccc(S(=O)(=O)Nc4nccs4)cc3)C2)c1. The summed E-state index contributed by atoms with van der Waals surface area (Å²) in [7, 11) is -2.08. The molecule has 0 radical (unpaired) electrons. The van der Waals surface area contributed by atoms with Crippen LogP contribution in [0.2, 0.25) is 0 Å². The van der Waals surface area contributed by atoms with Crippen LogP contribution in [0.15, 0.2) is 65.0 Å². The minimum absolute atomic E-state index is 0.0721. The number of hydrogen-bond donors (Lipinski definition) is 1. The van der Waals surface area contributed by atoms with Crippen molar-refractivity contribution < 1.29 is 17.9 Å². The summed E-state index contributed by atoms with van der Waals surface area (Å²) >= 11 is 1.20. The Balaban J connectivity index is 1.41. The number of anilines is 1. The van der Waals surface area contributed by atoms with Crippen LogP contribution in [0.4, 0.5) is 5.13 Å². The number of thiazole rings is 1. The molecular weight excluding hydrogens is 446 g/mol. The molecule has 1 atom stereocenters. The van der Waals surface area contributed by atoms with Crippen LogP contribution in [0.5, 0.6) is 5.75 Å². The fraction of sp³-hybridized carbons (Fsp3) is 0.304. The van der Waals surface area contributed by atoms with Crippen LogP contribution in [-0.4, -0.2) is 44.4 Å². The largest absolute Gasteiger partial charge is 0.497 e. The highest BCUT2D eigenvalue weighted by Crippen LogP contribution is 2.25. The number of piperidine rings is 1. The lowest BCUT2D eigenvalue weighted by molar-refractivity contribution is 0.0673. The zero-order valence-electron chi connectivity index (χ0n) is 17.7. The van der Waals surface area contributed by atoms with E-state index in [1.54, 1.807) is 24.6 Å². The first-order chi connectivity index (χ1) is 15.4. The van der Waals surface area contributed by atoms with Crippen molar-refractivity contribution in [2.45, 2.75) is 24.2 Å². The number of nitrogens with zero attached hydrogens (tertiary/aromatic N) is 2. The second-order valence-corrected chi connectivity index (χ2v) is 10.4. The van der Waals surface area contributed by atoms with Gasteiger partial charge in [-0.25, -0.2) is 13.4 Å². The number of amides is 1. The van der Waals surface area contributed by atoms with Crippen molar-refractivity contribution >= 4 is 32.4 Å². The second-order valence-electron chi connectivity index (χ2n) is 7.78. The molecule has 0 spiro atoms. The number of methoxy groups -OCH3 is 1. The van der Waals surface area contributed by atoms with Crippen LogP contribution in [0.25, 0.3) is 0 Å². The number of carbonyl (C=O) groups is 1. The van der Waals surface area contributed by atoms with Gasteiger partial charge < -0.3 is 9.64 Å². The molecule has 0 bridgehead atoms. The predicted octanol–water partition coefficient (Wildman–Crippen LogP) is 4.05. The molecule has 1 fully saturated rings. The highest BCUT2D eigenvalue weighted by Gasteiger charge is 2.25. The van der Waals surface area contributed by atoms with Crippen LogP contribution >= 0.6 is 11.3 Å². The summed E-state index contributed by atoms with van der Waals surface area (Å²) < 4.78 is 32.7. The maximum atomic E-state index is 13.0. The number of aromatic nitrogens is 1. The molecule has 1 saturated heterocycles. The van der Waals surface area contributed by atoms with Crippen molar-refractivity contribution in [3.8, 4) is 5.75 Å². The third kappa shape index (κ3) is 5.28. The summed E-state index contributed by atoms with van der Waals surface area (Å²) in [5.41, 5.74) is 1.69. The lowest BCUT2D eigenvalue weighted by atomic mass is 9.91. The van der Waals surface area contributed by atoms with Gasteiger partial charge in [0.15, 0.2) is 5.13 Å². The van der Waals surface area contributed by atoms with Crippen molar-refractivity contribution in [3.05, 3.63) is 71.2 Å². The van der Waals surface area contributed by atoms with Gasteiger partial charge in [-0.05, 0) is 67.1 Å². The highest BCUT2D eigenvalue weighted by molar-refractivity contribution is 7.93. The highest BCUT2D eigenvalue weighted by atomic mass is 32.2. The van der Waals surface area contributed by atoms with Crippen molar-refractivity contribution in [2.75, 3.05) is 24.9 Å². The monoisotopic (exact) mass is 471 g/mol. The fourth-order valence-corrected chi connectivity index (χ4v) is 5.74. The van der Waals surface area contributed by atoms with Gasteiger partial charge in [0.1, 0.15) is 5.75 Å². The molecule has 32 heavy (non-hydrogen) atoms. The van der Waals surface area contributed by atoms with Crippen LogP contribution in [0.3, 0.4) is 0 Å². The summed E-state index contributed by atoms with van der Waals surface area (Å²) in [5, 5.41) is 2.00. The molecule has 1 aliphatic rings. The Labute approximate surface area is 192 Å². The van der Waals surface area contributed by atoms with E-state index in [1.165, 1.54) is 35.2 Å². The second kappa shape index (κ2) is 9.70. The van der Waals surface area contributed by atoms with Gasteiger partial charge in [-0.2, -0.15) is 0 Å². The number of rotatable bonds is 7. The molecule has 168 valence electrons. The molecule has 1 aliphatic heterocycles. The zero-order chi connectivity index (χ0) is 22.6. The molecule has 2 aromatic carbocycles. The maximum Gasteiger partial charge on any atom is 0.263 e. The molecule has 9 heteroatoms. The number of nitrogens with one attached hydrogen (secondary N) is 1. The van der Waals surface area contributed by atoms with E-state index in [0.717, 1.165) is 25.0 Å². The van der Waals surface area contributed by atoms with Gasteiger partial charge in [0.05, 0.1) is 12.0 Å². The minimum Gasteiger partial charge on any atom is -0.497 e. The molecule has 1 N–H and O–H groups in total.